The molecule has 1 amide bonds. The Hall–Kier alpha value is -0.570. The topological polar surface area (TPSA) is 38.3 Å². The monoisotopic (exact) mass is 227 g/mol. The molecule has 0 radical (unpaired) electrons. The summed E-state index contributed by atoms with van der Waals surface area (Å²) in [7, 11) is 0. The van der Waals surface area contributed by atoms with Gasteiger partial charge >= 0.3 is 0 Å². The predicted octanol–water partition coefficient (Wildman–Crippen LogP) is 2.50. The molecule has 1 saturated carbocycles. The van der Waals surface area contributed by atoms with Gasteiger partial charge in [-0.25, -0.2) is 0 Å². The molecule has 1 fully saturated rings. The third-order valence-electron chi connectivity index (χ3n) is 3.09. The number of ether oxygens (including phenoxy) is 1. The highest BCUT2D eigenvalue weighted by Crippen LogP contribution is 2.23. The first kappa shape index (κ1) is 13.5. The third-order valence-corrected chi connectivity index (χ3v) is 3.09. The molecule has 2 unspecified atom stereocenters. The molecule has 1 rings (SSSR count). The SMILES string of the molecule is CC1CCCCC1NC(=O)COC(C)(C)C. The van der Waals surface area contributed by atoms with Crippen LogP contribution < -0.4 is 5.32 Å². The van der Waals surface area contributed by atoms with E-state index < -0.39 is 0 Å². The van der Waals surface area contributed by atoms with E-state index in [0.717, 1.165) is 6.42 Å². The Labute approximate surface area is 98.9 Å². The van der Waals surface area contributed by atoms with Gasteiger partial charge in [0.2, 0.25) is 5.91 Å². The van der Waals surface area contributed by atoms with E-state index in [4.69, 9.17) is 4.74 Å². The van der Waals surface area contributed by atoms with Gasteiger partial charge in [0.25, 0.3) is 0 Å². The van der Waals surface area contributed by atoms with Gasteiger partial charge < -0.3 is 10.1 Å². The Morgan fingerprint density at radius 3 is 2.50 bits per heavy atom. The van der Waals surface area contributed by atoms with Crippen LogP contribution in [0.3, 0.4) is 0 Å². The highest BCUT2D eigenvalue weighted by molar-refractivity contribution is 5.77. The van der Waals surface area contributed by atoms with Gasteiger partial charge in [0, 0.05) is 6.04 Å². The Bertz CT molecular complexity index is 233. The molecule has 1 aliphatic carbocycles. The van der Waals surface area contributed by atoms with Crippen molar-refractivity contribution >= 4 is 5.91 Å². The van der Waals surface area contributed by atoms with Crippen LogP contribution in [0.25, 0.3) is 0 Å². The summed E-state index contributed by atoms with van der Waals surface area (Å²) in [5.41, 5.74) is -0.241. The van der Waals surface area contributed by atoms with Crippen LogP contribution in [-0.4, -0.2) is 24.2 Å². The zero-order chi connectivity index (χ0) is 12.2. The summed E-state index contributed by atoms with van der Waals surface area (Å²) in [6, 6.07) is 0.352. The standard InChI is InChI=1S/C13H25NO2/c1-10-7-5-6-8-11(10)14-12(15)9-16-13(2,3)4/h10-11H,5-9H2,1-4H3,(H,14,15). The summed E-state index contributed by atoms with van der Waals surface area (Å²) in [6.45, 7) is 8.28. The molecular weight excluding hydrogens is 202 g/mol. The summed E-state index contributed by atoms with van der Waals surface area (Å²) < 4.78 is 5.46. The second-order valence-corrected chi connectivity index (χ2v) is 5.84. The van der Waals surface area contributed by atoms with Crippen molar-refractivity contribution in [3.05, 3.63) is 0 Å². The molecule has 16 heavy (non-hydrogen) atoms. The molecule has 0 spiro atoms. The van der Waals surface area contributed by atoms with E-state index in [1.165, 1.54) is 19.3 Å². The van der Waals surface area contributed by atoms with Crippen LogP contribution in [0.2, 0.25) is 0 Å². The summed E-state index contributed by atoms with van der Waals surface area (Å²) in [6.07, 6.45) is 4.87. The van der Waals surface area contributed by atoms with Gasteiger partial charge in [-0.05, 0) is 39.5 Å². The molecule has 0 aromatic rings. The van der Waals surface area contributed by atoms with Crippen molar-refractivity contribution in [3.63, 3.8) is 0 Å². The molecule has 2 atom stereocenters. The molecule has 1 N–H and O–H groups in total. The normalized spacial score (nSPS) is 26.5. The number of nitrogens with one attached hydrogen (secondary N) is 1. The summed E-state index contributed by atoms with van der Waals surface area (Å²) >= 11 is 0. The predicted molar refractivity (Wildman–Crippen MR) is 65.3 cm³/mol. The lowest BCUT2D eigenvalue weighted by molar-refractivity contribution is -0.131. The molecular formula is C13H25NO2. The van der Waals surface area contributed by atoms with Crippen molar-refractivity contribution in [1.29, 1.82) is 0 Å². The lowest BCUT2D eigenvalue weighted by Gasteiger charge is -2.30. The molecule has 0 bridgehead atoms. The first-order valence-electron chi connectivity index (χ1n) is 6.32. The minimum absolute atomic E-state index is 0.0219. The zero-order valence-electron chi connectivity index (χ0n) is 11.0. The van der Waals surface area contributed by atoms with Crippen molar-refractivity contribution in [2.75, 3.05) is 6.61 Å². The van der Waals surface area contributed by atoms with Gasteiger partial charge in [-0.3, -0.25) is 4.79 Å². The smallest absolute Gasteiger partial charge is 0.246 e. The van der Waals surface area contributed by atoms with Crippen molar-refractivity contribution in [1.82, 2.24) is 5.32 Å². The fraction of sp³-hybridized carbons (Fsp3) is 0.923. The van der Waals surface area contributed by atoms with Gasteiger partial charge in [-0.2, -0.15) is 0 Å². The average molecular weight is 227 g/mol. The second-order valence-electron chi connectivity index (χ2n) is 5.84. The average Bonchev–Trinajstić information content (AvgIpc) is 2.18. The molecule has 1 aliphatic rings. The Balaban J connectivity index is 2.28. The van der Waals surface area contributed by atoms with Crippen molar-refractivity contribution < 1.29 is 9.53 Å². The van der Waals surface area contributed by atoms with Gasteiger partial charge in [0.1, 0.15) is 6.61 Å². The highest BCUT2D eigenvalue weighted by Gasteiger charge is 2.23. The van der Waals surface area contributed by atoms with E-state index in [0.29, 0.717) is 12.0 Å². The number of amides is 1. The van der Waals surface area contributed by atoms with Crippen LogP contribution in [0.1, 0.15) is 53.4 Å². The Morgan fingerprint density at radius 1 is 1.31 bits per heavy atom. The van der Waals surface area contributed by atoms with E-state index in [2.05, 4.69) is 12.2 Å². The maximum absolute atomic E-state index is 11.7. The molecule has 0 aromatic carbocycles. The number of carbonyl (C=O) groups excluding carboxylic acids is 1. The lowest BCUT2D eigenvalue weighted by atomic mass is 9.86. The van der Waals surface area contributed by atoms with Crippen molar-refractivity contribution in [2.24, 2.45) is 5.92 Å². The van der Waals surface area contributed by atoms with Crippen LogP contribution in [0.4, 0.5) is 0 Å². The molecule has 0 saturated heterocycles. The van der Waals surface area contributed by atoms with Gasteiger partial charge in [0.05, 0.1) is 5.60 Å². The zero-order valence-corrected chi connectivity index (χ0v) is 11.0. The Kier molecular flexibility index (Phi) is 4.78. The summed E-state index contributed by atoms with van der Waals surface area (Å²) in [5.74, 6) is 0.626. The van der Waals surface area contributed by atoms with Crippen molar-refractivity contribution in [3.8, 4) is 0 Å². The largest absolute Gasteiger partial charge is 0.366 e. The maximum atomic E-state index is 11.7. The van der Waals surface area contributed by atoms with Gasteiger partial charge in [-0.1, -0.05) is 19.8 Å². The van der Waals surface area contributed by atoms with Crippen molar-refractivity contribution in [2.45, 2.75) is 65.0 Å². The van der Waals surface area contributed by atoms with Gasteiger partial charge in [0.15, 0.2) is 0 Å². The quantitative estimate of drug-likeness (QED) is 0.804. The van der Waals surface area contributed by atoms with Crippen LogP contribution in [0, 0.1) is 5.92 Å². The van der Waals surface area contributed by atoms with E-state index in [-0.39, 0.29) is 18.1 Å². The highest BCUT2D eigenvalue weighted by atomic mass is 16.5. The summed E-state index contributed by atoms with van der Waals surface area (Å²) in [4.78, 5) is 11.7. The first-order chi connectivity index (χ1) is 7.38. The fourth-order valence-corrected chi connectivity index (χ4v) is 2.06. The third kappa shape index (κ3) is 4.97. The van der Waals surface area contributed by atoms with E-state index in [1.807, 2.05) is 20.8 Å². The van der Waals surface area contributed by atoms with E-state index >= 15 is 0 Å². The van der Waals surface area contributed by atoms with E-state index in [9.17, 15) is 4.79 Å². The molecule has 0 aromatic heterocycles. The van der Waals surface area contributed by atoms with E-state index in [1.54, 1.807) is 0 Å². The lowest BCUT2D eigenvalue weighted by Crippen LogP contribution is -2.43. The van der Waals surface area contributed by atoms with Crippen LogP contribution in [-0.2, 0) is 9.53 Å². The van der Waals surface area contributed by atoms with Gasteiger partial charge in [-0.15, -0.1) is 0 Å². The van der Waals surface area contributed by atoms with Crippen LogP contribution >= 0.6 is 0 Å². The molecule has 0 aliphatic heterocycles. The van der Waals surface area contributed by atoms with Crippen LogP contribution in [0.15, 0.2) is 0 Å². The Morgan fingerprint density at radius 2 is 1.94 bits per heavy atom. The minimum Gasteiger partial charge on any atom is -0.366 e. The minimum atomic E-state index is -0.241. The second kappa shape index (κ2) is 5.67. The number of hydrogen-bond donors (Lipinski definition) is 1. The first-order valence-corrected chi connectivity index (χ1v) is 6.32. The molecule has 0 heterocycles. The molecule has 3 nitrogen and oxygen atoms in total. The number of carbonyl (C=O) groups is 1. The number of rotatable bonds is 3. The number of hydrogen-bond acceptors (Lipinski definition) is 2. The maximum Gasteiger partial charge on any atom is 0.246 e. The van der Waals surface area contributed by atoms with Crippen LogP contribution in [0.5, 0.6) is 0 Å². The molecule has 3 heteroatoms. The fourth-order valence-electron chi connectivity index (χ4n) is 2.06. The summed E-state index contributed by atoms with van der Waals surface area (Å²) in [5, 5.41) is 3.08. The molecule has 94 valence electrons.